The summed E-state index contributed by atoms with van der Waals surface area (Å²) >= 11 is 6.25. The molecule has 0 fully saturated rings. The summed E-state index contributed by atoms with van der Waals surface area (Å²) in [5.74, 6) is 1.94. The number of halogens is 1. The summed E-state index contributed by atoms with van der Waals surface area (Å²) in [7, 11) is 0. The average molecular weight is 434 g/mol. The minimum atomic E-state index is 0.640. The van der Waals surface area contributed by atoms with Crippen molar-refractivity contribution in [2.75, 3.05) is 0 Å². The van der Waals surface area contributed by atoms with Gasteiger partial charge in [0, 0.05) is 21.7 Å². The first-order valence-corrected chi connectivity index (χ1v) is 10.8. The molecule has 1 aromatic heterocycles. The number of hydrogen-bond donors (Lipinski definition) is 0. The van der Waals surface area contributed by atoms with Crippen molar-refractivity contribution in [1.29, 1.82) is 0 Å². The van der Waals surface area contributed by atoms with Gasteiger partial charge in [-0.3, -0.25) is 0 Å². The average Bonchev–Trinajstić information content (AvgIpc) is 2.85. The smallest absolute Gasteiger partial charge is 0.164 e. The highest BCUT2D eigenvalue weighted by Gasteiger charge is 2.13. The van der Waals surface area contributed by atoms with Crippen LogP contribution in [0.1, 0.15) is 5.56 Å². The first kappa shape index (κ1) is 20.1. The van der Waals surface area contributed by atoms with E-state index in [0.29, 0.717) is 22.5 Å². The Morgan fingerprint density at radius 2 is 1.03 bits per heavy atom. The summed E-state index contributed by atoms with van der Waals surface area (Å²) in [4.78, 5) is 14.4. The molecule has 5 aromatic rings. The molecule has 4 aromatic carbocycles. The Morgan fingerprint density at radius 1 is 0.500 bits per heavy atom. The van der Waals surface area contributed by atoms with Gasteiger partial charge in [0.25, 0.3) is 0 Å². The fraction of sp³-hybridized carbons (Fsp3) is 0.0357. The Hall–Kier alpha value is -3.82. The normalized spacial score (nSPS) is 10.8. The molecule has 0 unspecified atom stereocenters. The molecule has 0 atom stereocenters. The number of hydrogen-bond acceptors (Lipinski definition) is 3. The van der Waals surface area contributed by atoms with Crippen LogP contribution < -0.4 is 0 Å². The van der Waals surface area contributed by atoms with Crippen LogP contribution in [0.4, 0.5) is 0 Å². The van der Waals surface area contributed by atoms with Crippen LogP contribution in [0.15, 0.2) is 103 Å². The lowest BCUT2D eigenvalue weighted by Crippen LogP contribution is -2.00. The molecule has 0 spiro atoms. The second-order valence-corrected chi connectivity index (χ2v) is 8.01. The van der Waals surface area contributed by atoms with E-state index < -0.39 is 0 Å². The summed E-state index contributed by atoms with van der Waals surface area (Å²) < 4.78 is 0. The highest BCUT2D eigenvalue weighted by Crippen LogP contribution is 2.31. The van der Waals surface area contributed by atoms with E-state index >= 15 is 0 Å². The fourth-order valence-corrected chi connectivity index (χ4v) is 3.86. The lowest BCUT2D eigenvalue weighted by atomic mass is 9.98. The molecule has 154 valence electrons. The SMILES string of the molecule is Cc1ccc(-c2nc(-c3ccccc3)nc(-c3ccccc3)n2)cc1-c1cccc(Cl)c1. The van der Waals surface area contributed by atoms with Gasteiger partial charge in [0.15, 0.2) is 17.5 Å². The van der Waals surface area contributed by atoms with Crippen LogP contribution in [-0.4, -0.2) is 15.0 Å². The third kappa shape index (κ3) is 4.16. The van der Waals surface area contributed by atoms with Crippen LogP contribution in [0.3, 0.4) is 0 Å². The predicted octanol–water partition coefficient (Wildman–Crippen LogP) is 7.50. The lowest BCUT2D eigenvalue weighted by Gasteiger charge is -2.11. The minimum Gasteiger partial charge on any atom is -0.208 e. The van der Waals surface area contributed by atoms with Crippen LogP contribution in [0.5, 0.6) is 0 Å². The Kier molecular flexibility index (Phi) is 5.49. The molecular weight excluding hydrogens is 414 g/mol. The van der Waals surface area contributed by atoms with Crippen molar-refractivity contribution in [2.24, 2.45) is 0 Å². The zero-order valence-electron chi connectivity index (χ0n) is 17.5. The number of nitrogens with zero attached hydrogens (tertiary/aromatic N) is 3. The first-order valence-electron chi connectivity index (χ1n) is 10.4. The molecule has 0 aliphatic heterocycles. The van der Waals surface area contributed by atoms with Gasteiger partial charge in [-0.2, -0.15) is 0 Å². The van der Waals surface area contributed by atoms with Crippen LogP contribution >= 0.6 is 11.6 Å². The summed E-state index contributed by atoms with van der Waals surface area (Å²) in [6.07, 6.45) is 0. The highest BCUT2D eigenvalue weighted by molar-refractivity contribution is 6.30. The van der Waals surface area contributed by atoms with E-state index in [0.717, 1.165) is 33.4 Å². The van der Waals surface area contributed by atoms with Crippen molar-refractivity contribution >= 4 is 11.6 Å². The third-order valence-corrected chi connectivity index (χ3v) is 5.57. The van der Waals surface area contributed by atoms with E-state index in [1.54, 1.807) is 0 Å². The summed E-state index contributed by atoms with van der Waals surface area (Å²) in [6, 6.07) is 34.2. The number of rotatable bonds is 4. The molecule has 1 heterocycles. The number of aryl methyl sites for hydroxylation is 1. The third-order valence-electron chi connectivity index (χ3n) is 5.33. The standard InChI is InChI=1S/C28H20ClN3/c1-19-15-16-23(18-25(19)22-13-8-14-24(29)17-22)28-31-26(20-9-4-2-5-10-20)30-27(32-28)21-11-6-3-7-12-21/h2-18H,1H3. The lowest BCUT2D eigenvalue weighted by molar-refractivity contribution is 1.07. The van der Waals surface area contributed by atoms with Gasteiger partial charge in [0.05, 0.1) is 0 Å². The van der Waals surface area contributed by atoms with Gasteiger partial charge in [-0.15, -0.1) is 0 Å². The van der Waals surface area contributed by atoms with E-state index in [2.05, 4.69) is 31.2 Å². The van der Waals surface area contributed by atoms with Crippen LogP contribution in [0.25, 0.3) is 45.3 Å². The van der Waals surface area contributed by atoms with Gasteiger partial charge in [0.1, 0.15) is 0 Å². The van der Waals surface area contributed by atoms with Crippen molar-refractivity contribution in [3.63, 3.8) is 0 Å². The van der Waals surface area contributed by atoms with E-state index in [1.165, 1.54) is 0 Å². The largest absolute Gasteiger partial charge is 0.208 e. The summed E-state index contributed by atoms with van der Waals surface area (Å²) in [5.41, 5.74) is 6.18. The van der Waals surface area contributed by atoms with E-state index in [-0.39, 0.29) is 0 Å². The highest BCUT2D eigenvalue weighted by atomic mass is 35.5. The Bertz CT molecular complexity index is 1330. The predicted molar refractivity (Wildman–Crippen MR) is 131 cm³/mol. The Morgan fingerprint density at radius 3 is 1.59 bits per heavy atom. The molecule has 0 radical (unpaired) electrons. The zero-order valence-corrected chi connectivity index (χ0v) is 18.3. The molecule has 0 saturated heterocycles. The molecule has 3 nitrogen and oxygen atoms in total. The number of benzene rings is 4. The van der Waals surface area contributed by atoms with Crippen molar-refractivity contribution < 1.29 is 0 Å². The Labute approximate surface area is 192 Å². The van der Waals surface area contributed by atoms with Gasteiger partial charge in [-0.05, 0) is 41.8 Å². The summed E-state index contributed by atoms with van der Waals surface area (Å²) in [5, 5.41) is 0.713. The molecule has 0 N–H and O–H groups in total. The maximum atomic E-state index is 6.25. The summed E-state index contributed by atoms with van der Waals surface area (Å²) in [6.45, 7) is 2.10. The van der Waals surface area contributed by atoms with Crippen molar-refractivity contribution in [3.05, 3.63) is 114 Å². The van der Waals surface area contributed by atoms with Crippen LogP contribution in [-0.2, 0) is 0 Å². The topological polar surface area (TPSA) is 38.7 Å². The quantitative estimate of drug-likeness (QED) is 0.294. The molecule has 4 heteroatoms. The van der Waals surface area contributed by atoms with Crippen molar-refractivity contribution in [2.45, 2.75) is 6.92 Å². The van der Waals surface area contributed by atoms with Gasteiger partial charge >= 0.3 is 0 Å². The molecular formula is C28H20ClN3. The van der Waals surface area contributed by atoms with Crippen molar-refractivity contribution in [1.82, 2.24) is 15.0 Å². The van der Waals surface area contributed by atoms with Gasteiger partial charge in [-0.1, -0.05) is 96.5 Å². The van der Waals surface area contributed by atoms with Crippen LogP contribution in [0, 0.1) is 6.92 Å². The monoisotopic (exact) mass is 433 g/mol. The first-order chi connectivity index (χ1) is 15.7. The molecule has 0 saturated carbocycles. The van der Waals surface area contributed by atoms with E-state index in [9.17, 15) is 0 Å². The molecule has 0 amide bonds. The number of aromatic nitrogens is 3. The molecule has 5 rings (SSSR count). The minimum absolute atomic E-state index is 0.640. The molecule has 0 bridgehead atoms. The fourth-order valence-electron chi connectivity index (χ4n) is 3.67. The van der Waals surface area contributed by atoms with Crippen molar-refractivity contribution in [3.8, 4) is 45.3 Å². The molecule has 32 heavy (non-hydrogen) atoms. The van der Waals surface area contributed by atoms with Gasteiger partial charge < -0.3 is 0 Å². The van der Waals surface area contributed by atoms with E-state index in [4.69, 9.17) is 26.6 Å². The van der Waals surface area contributed by atoms with Gasteiger partial charge in [-0.25, -0.2) is 15.0 Å². The molecule has 0 aliphatic rings. The maximum Gasteiger partial charge on any atom is 0.164 e. The molecule has 0 aliphatic carbocycles. The van der Waals surface area contributed by atoms with E-state index in [1.807, 2.05) is 78.9 Å². The second-order valence-electron chi connectivity index (χ2n) is 7.58. The van der Waals surface area contributed by atoms with Gasteiger partial charge in [0.2, 0.25) is 0 Å². The maximum absolute atomic E-state index is 6.25. The second kappa shape index (κ2) is 8.74. The Balaban J connectivity index is 1.69. The zero-order chi connectivity index (χ0) is 21.9. The van der Waals surface area contributed by atoms with Crippen LogP contribution in [0.2, 0.25) is 5.02 Å².